The number of thiazole rings is 1. The van der Waals surface area contributed by atoms with E-state index in [9.17, 15) is 9.18 Å². The van der Waals surface area contributed by atoms with Crippen molar-refractivity contribution in [2.75, 3.05) is 0 Å². The van der Waals surface area contributed by atoms with Crippen LogP contribution in [0.4, 0.5) is 4.39 Å². The molecule has 0 unspecified atom stereocenters. The Hall–Kier alpha value is -2.27. The molecule has 1 aromatic heterocycles. The van der Waals surface area contributed by atoms with Gasteiger partial charge < -0.3 is 4.90 Å². The number of fused-ring (bicyclic) bond motifs is 1. The van der Waals surface area contributed by atoms with Gasteiger partial charge in [-0.3, -0.25) is 4.79 Å². The molecule has 1 saturated carbocycles. The van der Waals surface area contributed by atoms with Gasteiger partial charge in [-0.2, -0.15) is 0 Å². The first kappa shape index (κ1) is 16.2. The highest BCUT2D eigenvalue weighted by Crippen LogP contribution is 2.30. The number of hydrogen-bond acceptors (Lipinski definition) is 3. The quantitative estimate of drug-likeness (QED) is 0.650. The molecule has 128 valence electrons. The van der Waals surface area contributed by atoms with Crippen molar-refractivity contribution in [3.8, 4) is 0 Å². The van der Waals surface area contributed by atoms with Crippen LogP contribution in [0.3, 0.4) is 0 Å². The van der Waals surface area contributed by atoms with Crippen LogP contribution >= 0.6 is 11.3 Å². The van der Waals surface area contributed by atoms with Gasteiger partial charge in [-0.05, 0) is 42.7 Å². The number of halogens is 1. The SMILES string of the molecule is O=C(CCc1nc2ccccc2s1)N(Cc1cccc(F)c1)C1CC1. The lowest BCUT2D eigenvalue weighted by atomic mass is 10.2. The minimum absolute atomic E-state index is 0.131. The first-order chi connectivity index (χ1) is 12.2. The van der Waals surface area contributed by atoms with E-state index in [0.29, 0.717) is 25.4 Å². The molecule has 1 heterocycles. The lowest BCUT2D eigenvalue weighted by Gasteiger charge is -2.22. The summed E-state index contributed by atoms with van der Waals surface area (Å²) in [6.07, 6.45) is 3.20. The summed E-state index contributed by atoms with van der Waals surface area (Å²) in [4.78, 5) is 19.2. The number of hydrogen-bond donors (Lipinski definition) is 0. The maximum absolute atomic E-state index is 13.4. The Balaban J connectivity index is 1.42. The fraction of sp³-hybridized carbons (Fsp3) is 0.300. The first-order valence-corrected chi connectivity index (χ1v) is 9.39. The summed E-state index contributed by atoms with van der Waals surface area (Å²) in [5.41, 5.74) is 1.84. The number of carbonyl (C=O) groups excluding carboxylic acids is 1. The summed E-state index contributed by atoms with van der Waals surface area (Å²) in [5, 5.41) is 0.996. The van der Waals surface area contributed by atoms with E-state index in [2.05, 4.69) is 11.1 Å². The molecule has 0 aliphatic heterocycles. The summed E-state index contributed by atoms with van der Waals surface area (Å²) < 4.78 is 14.6. The van der Waals surface area contributed by atoms with Crippen molar-refractivity contribution in [1.82, 2.24) is 9.88 Å². The van der Waals surface area contributed by atoms with Crippen LogP contribution in [0.5, 0.6) is 0 Å². The van der Waals surface area contributed by atoms with E-state index >= 15 is 0 Å². The second-order valence-corrected chi connectivity index (χ2v) is 7.57. The lowest BCUT2D eigenvalue weighted by molar-refractivity contribution is -0.132. The number of rotatable bonds is 6. The maximum Gasteiger partial charge on any atom is 0.223 e. The van der Waals surface area contributed by atoms with Crippen molar-refractivity contribution in [2.45, 2.75) is 38.3 Å². The van der Waals surface area contributed by atoms with Crippen molar-refractivity contribution in [3.63, 3.8) is 0 Å². The van der Waals surface area contributed by atoms with Gasteiger partial charge in [0.1, 0.15) is 5.82 Å². The summed E-state index contributed by atoms with van der Waals surface area (Å²) in [6.45, 7) is 0.487. The molecular weight excluding hydrogens is 335 g/mol. The molecule has 3 nitrogen and oxygen atoms in total. The maximum atomic E-state index is 13.4. The van der Waals surface area contributed by atoms with Crippen LogP contribution in [0, 0.1) is 5.82 Å². The molecule has 1 amide bonds. The fourth-order valence-corrected chi connectivity index (χ4v) is 3.99. The summed E-state index contributed by atoms with van der Waals surface area (Å²) in [5.74, 6) is -0.124. The molecule has 5 heteroatoms. The van der Waals surface area contributed by atoms with Crippen molar-refractivity contribution in [3.05, 3.63) is 64.9 Å². The molecule has 1 aliphatic rings. The zero-order valence-corrected chi connectivity index (χ0v) is 14.6. The Morgan fingerprint density at radius 2 is 2.04 bits per heavy atom. The average molecular weight is 354 g/mol. The number of aromatic nitrogens is 1. The predicted molar refractivity (Wildman–Crippen MR) is 97.9 cm³/mol. The normalized spacial score (nSPS) is 14.0. The summed E-state index contributed by atoms with van der Waals surface area (Å²) in [7, 11) is 0. The highest BCUT2D eigenvalue weighted by molar-refractivity contribution is 7.18. The smallest absolute Gasteiger partial charge is 0.223 e. The molecule has 4 rings (SSSR count). The number of aryl methyl sites for hydroxylation is 1. The summed E-state index contributed by atoms with van der Waals surface area (Å²) in [6, 6.07) is 14.9. The van der Waals surface area contributed by atoms with Crippen molar-refractivity contribution in [1.29, 1.82) is 0 Å². The second-order valence-electron chi connectivity index (χ2n) is 6.46. The van der Waals surface area contributed by atoms with Crippen molar-refractivity contribution in [2.24, 2.45) is 0 Å². The van der Waals surface area contributed by atoms with Gasteiger partial charge in [0.05, 0.1) is 15.2 Å². The molecule has 25 heavy (non-hydrogen) atoms. The Kier molecular flexibility index (Phi) is 4.49. The third kappa shape index (κ3) is 3.87. The van der Waals surface area contributed by atoms with Gasteiger partial charge in [-0.1, -0.05) is 24.3 Å². The number of benzene rings is 2. The second kappa shape index (κ2) is 6.92. The van der Waals surface area contributed by atoms with E-state index in [1.807, 2.05) is 29.2 Å². The Bertz CT molecular complexity index is 870. The van der Waals surface area contributed by atoms with Gasteiger partial charge in [0.25, 0.3) is 0 Å². The largest absolute Gasteiger partial charge is 0.335 e. The molecule has 1 fully saturated rings. The summed E-state index contributed by atoms with van der Waals surface area (Å²) >= 11 is 1.65. The van der Waals surface area contributed by atoms with Crippen molar-refractivity contribution >= 4 is 27.5 Å². The third-order valence-electron chi connectivity index (χ3n) is 4.44. The first-order valence-electron chi connectivity index (χ1n) is 8.57. The molecule has 0 N–H and O–H groups in total. The number of nitrogens with zero attached hydrogens (tertiary/aromatic N) is 2. The van der Waals surface area contributed by atoms with E-state index in [1.165, 1.54) is 12.1 Å². The minimum Gasteiger partial charge on any atom is -0.335 e. The Morgan fingerprint density at radius 3 is 2.80 bits per heavy atom. The van der Waals surface area contributed by atoms with Crippen LogP contribution in [-0.4, -0.2) is 21.8 Å². The van der Waals surface area contributed by atoms with Crippen molar-refractivity contribution < 1.29 is 9.18 Å². The molecule has 0 atom stereocenters. The Morgan fingerprint density at radius 1 is 1.20 bits per heavy atom. The van der Waals surface area contributed by atoms with Crippen LogP contribution in [0.1, 0.15) is 29.8 Å². The van der Waals surface area contributed by atoms with E-state index < -0.39 is 0 Å². The van der Waals surface area contributed by atoms with Crippen LogP contribution in [0.2, 0.25) is 0 Å². The monoisotopic (exact) mass is 354 g/mol. The van der Waals surface area contributed by atoms with Crippen LogP contribution in [0.15, 0.2) is 48.5 Å². The number of para-hydroxylation sites is 1. The highest BCUT2D eigenvalue weighted by atomic mass is 32.1. The zero-order chi connectivity index (χ0) is 17.2. The fourth-order valence-electron chi connectivity index (χ4n) is 3.02. The number of carbonyl (C=O) groups is 1. The van der Waals surface area contributed by atoms with E-state index in [-0.39, 0.29) is 11.7 Å². The highest BCUT2D eigenvalue weighted by Gasteiger charge is 2.32. The standard InChI is InChI=1S/C20H19FN2OS/c21-15-5-3-4-14(12-15)13-23(16-8-9-16)20(24)11-10-19-22-17-6-1-2-7-18(17)25-19/h1-7,12,16H,8-11,13H2. The van der Waals surface area contributed by atoms with E-state index in [1.54, 1.807) is 17.4 Å². The average Bonchev–Trinajstić information content (AvgIpc) is 3.36. The van der Waals surface area contributed by atoms with Gasteiger partial charge in [0.2, 0.25) is 5.91 Å². The van der Waals surface area contributed by atoms with Gasteiger partial charge in [0, 0.05) is 25.4 Å². The minimum atomic E-state index is -0.254. The lowest BCUT2D eigenvalue weighted by Crippen LogP contribution is -2.32. The van der Waals surface area contributed by atoms with Crippen LogP contribution in [-0.2, 0) is 17.8 Å². The predicted octanol–water partition coefficient (Wildman–Crippen LogP) is 4.56. The van der Waals surface area contributed by atoms with Gasteiger partial charge in [0.15, 0.2) is 0 Å². The van der Waals surface area contributed by atoms with Gasteiger partial charge in [-0.25, -0.2) is 9.37 Å². The Labute approximate surface area is 150 Å². The topological polar surface area (TPSA) is 33.2 Å². The molecular formula is C20H19FN2OS. The van der Waals surface area contributed by atoms with Crippen LogP contribution < -0.4 is 0 Å². The van der Waals surface area contributed by atoms with Crippen LogP contribution in [0.25, 0.3) is 10.2 Å². The molecule has 0 bridgehead atoms. The third-order valence-corrected chi connectivity index (χ3v) is 5.54. The molecule has 0 radical (unpaired) electrons. The van der Waals surface area contributed by atoms with Gasteiger partial charge in [-0.15, -0.1) is 11.3 Å². The molecule has 2 aromatic carbocycles. The molecule has 1 aliphatic carbocycles. The van der Waals surface area contributed by atoms with Gasteiger partial charge >= 0.3 is 0 Å². The zero-order valence-electron chi connectivity index (χ0n) is 13.8. The molecule has 0 saturated heterocycles. The molecule has 0 spiro atoms. The molecule has 3 aromatic rings. The number of amides is 1. The van der Waals surface area contributed by atoms with E-state index in [4.69, 9.17) is 0 Å². The van der Waals surface area contributed by atoms with E-state index in [0.717, 1.165) is 33.6 Å².